The Kier molecular flexibility index (Phi) is 7.63. The van der Waals surface area contributed by atoms with Gasteiger partial charge in [0.1, 0.15) is 0 Å². The smallest absolute Gasteiger partial charge is 0.243 e. The van der Waals surface area contributed by atoms with Gasteiger partial charge in [0.05, 0.1) is 4.90 Å². The predicted octanol–water partition coefficient (Wildman–Crippen LogP) is 2.62. The van der Waals surface area contributed by atoms with Crippen molar-refractivity contribution in [3.63, 3.8) is 0 Å². The molecule has 0 amide bonds. The van der Waals surface area contributed by atoms with Crippen molar-refractivity contribution in [1.82, 2.24) is 14.6 Å². The number of nitrogens with one attached hydrogen (secondary N) is 1. The minimum Gasteiger partial charge on any atom is -0.312 e. The van der Waals surface area contributed by atoms with E-state index in [0.717, 1.165) is 17.3 Å². The van der Waals surface area contributed by atoms with E-state index in [0.29, 0.717) is 18.0 Å². The Balaban J connectivity index is 0.00000144. The lowest BCUT2D eigenvalue weighted by molar-refractivity contribution is 0.348. The van der Waals surface area contributed by atoms with Crippen LogP contribution in [0.5, 0.6) is 0 Å². The summed E-state index contributed by atoms with van der Waals surface area (Å²) in [6, 6.07) is 6.91. The lowest BCUT2D eigenvalue weighted by Gasteiger charge is -2.28. The molecule has 1 N–H and O–H groups in total. The second-order valence-electron chi connectivity index (χ2n) is 5.44. The van der Waals surface area contributed by atoms with Crippen molar-refractivity contribution >= 4 is 45.6 Å². The van der Waals surface area contributed by atoms with Crippen LogP contribution < -0.4 is 5.32 Å². The van der Waals surface area contributed by atoms with Gasteiger partial charge in [-0.1, -0.05) is 18.2 Å². The summed E-state index contributed by atoms with van der Waals surface area (Å²) in [5, 5.41) is 5.03. The molecule has 0 spiro atoms. The Morgan fingerprint density at radius 2 is 1.96 bits per heavy atom. The van der Waals surface area contributed by atoms with Gasteiger partial charge in [-0.05, 0) is 30.5 Å². The van der Waals surface area contributed by atoms with Gasteiger partial charge in [-0.2, -0.15) is 4.31 Å². The molecule has 24 heavy (non-hydrogen) atoms. The number of benzene rings is 1. The van der Waals surface area contributed by atoms with Crippen LogP contribution in [0.3, 0.4) is 0 Å². The zero-order chi connectivity index (χ0) is 15.6. The van der Waals surface area contributed by atoms with E-state index in [2.05, 4.69) is 10.3 Å². The Labute approximate surface area is 155 Å². The van der Waals surface area contributed by atoms with Gasteiger partial charge in [-0.25, -0.2) is 8.42 Å². The Morgan fingerprint density at radius 3 is 2.75 bits per heavy atom. The number of aromatic nitrogens is 1. The first-order valence-corrected chi connectivity index (χ1v) is 8.74. The first-order valence-electron chi connectivity index (χ1n) is 7.30. The number of fused-ring (bicyclic) bond motifs is 1. The fourth-order valence-electron chi connectivity index (χ4n) is 2.61. The highest BCUT2D eigenvalue weighted by Crippen LogP contribution is 2.23. The summed E-state index contributed by atoms with van der Waals surface area (Å²) in [4.78, 5) is 4.38. The second-order valence-corrected chi connectivity index (χ2v) is 7.33. The molecule has 0 bridgehead atoms. The molecular formula is C16H21Cl2N3O2S. The second kappa shape index (κ2) is 8.78. The number of hydrogen-bond donors (Lipinski definition) is 1. The van der Waals surface area contributed by atoms with Crippen molar-refractivity contribution < 1.29 is 8.42 Å². The summed E-state index contributed by atoms with van der Waals surface area (Å²) >= 11 is 0. The first kappa shape index (κ1) is 20.9. The third kappa shape index (κ3) is 4.26. The van der Waals surface area contributed by atoms with E-state index < -0.39 is 10.0 Å². The lowest BCUT2D eigenvalue weighted by atomic mass is 10.2. The molecule has 0 unspecified atom stereocenters. The van der Waals surface area contributed by atoms with Crippen LogP contribution in [-0.4, -0.2) is 43.4 Å². The minimum atomic E-state index is -3.52. The van der Waals surface area contributed by atoms with Gasteiger partial charge in [0.25, 0.3) is 0 Å². The fourth-order valence-corrected chi connectivity index (χ4v) is 4.23. The van der Waals surface area contributed by atoms with Crippen LogP contribution in [0.1, 0.15) is 6.92 Å². The molecule has 1 aromatic heterocycles. The SMILES string of the molecule is C[C@@H]1CNC/C=C\CN1S(=O)(=O)c1ccc2cnccc2c1.Cl.Cl. The fraction of sp³-hybridized carbons (Fsp3) is 0.312. The maximum absolute atomic E-state index is 13.0. The Morgan fingerprint density at radius 1 is 1.17 bits per heavy atom. The van der Waals surface area contributed by atoms with Crippen LogP contribution in [-0.2, 0) is 10.0 Å². The normalized spacial score (nSPS) is 20.3. The number of hydrogen-bond acceptors (Lipinski definition) is 4. The Bertz CT molecular complexity index is 812. The van der Waals surface area contributed by atoms with Crippen molar-refractivity contribution in [1.29, 1.82) is 0 Å². The summed E-state index contributed by atoms with van der Waals surface area (Å²) in [7, 11) is -3.52. The lowest BCUT2D eigenvalue weighted by Crippen LogP contribution is -2.45. The molecule has 0 fully saturated rings. The van der Waals surface area contributed by atoms with Gasteiger partial charge in [0, 0.05) is 43.5 Å². The van der Waals surface area contributed by atoms with E-state index in [1.165, 1.54) is 4.31 Å². The van der Waals surface area contributed by atoms with Crippen LogP contribution in [0, 0.1) is 0 Å². The van der Waals surface area contributed by atoms with Gasteiger partial charge < -0.3 is 5.32 Å². The van der Waals surface area contributed by atoms with Crippen LogP contribution in [0.4, 0.5) is 0 Å². The topological polar surface area (TPSA) is 62.3 Å². The zero-order valence-corrected chi connectivity index (χ0v) is 15.7. The molecule has 1 aliphatic heterocycles. The average Bonchev–Trinajstić information content (AvgIpc) is 2.50. The number of rotatable bonds is 2. The van der Waals surface area contributed by atoms with Gasteiger partial charge in [0.2, 0.25) is 10.0 Å². The minimum absolute atomic E-state index is 0. The third-order valence-corrected chi connectivity index (χ3v) is 5.84. The summed E-state index contributed by atoms with van der Waals surface area (Å²) < 4.78 is 27.4. The summed E-state index contributed by atoms with van der Waals surface area (Å²) in [6.45, 7) is 3.75. The van der Waals surface area contributed by atoms with E-state index in [4.69, 9.17) is 0 Å². The van der Waals surface area contributed by atoms with Gasteiger partial charge in [-0.3, -0.25) is 4.98 Å². The highest BCUT2D eigenvalue weighted by molar-refractivity contribution is 7.89. The maximum atomic E-state index is 13.0. The van der Waals surface area contributed by atoms with Gasteiger partial charge in [-0.15, -0.1) is 24.8 Å². The third-order valence-electron chi connectivity index (χ3n) is 3.86. The number of halogens is 2. The number of pyridine rings is 1. The van der Waals surface area contributed by atoms with Crippen LogP contribution in [0.2, 0.25) is 0 Å². The average molecular weight is 390 g/mol. The van der Waals surface area contributed by atoms with E-state index in [1.54, 1.807) is 30.6 Å². The van der Waals surface area contributed by atoms with Crippen molar-refractivity contribution in [2.75, 3.05) is 19.6 Å². The van der Waals surface area contributed by atoms with Crippen molar-refractivity contribution in [3.05, 3.63) is 48.8 Å². The predicted molar refractivity (Wildman–Crippen MR) is 102 cm³/mol. The molecule has 0 saturated carbocycles. The zero-order valence-electron chi connectivity index (χ0n) is 13.3. The molecule has 5 nitrogen and oxygen atoms in total. The molecule has 0 aliphatic carbocycles. The highest BCUT2D eigenvalue weighted by Gasteiger charge is 2.28. The molecule has 1 aliphatic rings. The molecule has 2 heterocycles. The van der Waals surface area contributed by atoms with Gasteiger partial charge in [0.15, 0.2) is 0 Å². The van der Waals surface area contributed by atoms with Crippen molar-refractivity contribution in [2.24, 2.45) is 0 Å². The van der Waals surface area contributed by atoms with E-state index in [9.17, 15) is 8.42 Å². The van der Waals surface area contributed by atoms with Crippen molar-refractivity contribution in [2.45, 2.75) is 17.9 Å². The molecule has 1 aromatic carbocycles. The van der Waals surface area contributed by atoms with E-state index in [-0.39, 0.29) is 30.9 Å². The Hall–Kier alpha value is -1.18. The largest absolute Gasteiger partial charge is 0.312 e. The number of sulfonamides is 1. The van der Waals surface area contributed by atoms with Crippen molar-refractivity contribution in [3.8, 4) is 0 Å². The van der Waals surface area contributed by atoms with E-state index in [1.807, 2.05) is 25.1 Å². The summed E-state index contributed by atoms with van der Waals surface area (Å²) in [5.74, 6) is 0. The summed E-state index contributed by atoms with van der Waals surface area (Å²) in [5.41, 5.74) is 0. The number of nitrogens with zero attached hydrogens (tertiary/aromatic N) is 2. The van der Waals surface area contributed by atoms with Crippen LogP contribution in [0.15, 0.2) is 53.7 Å². The molecule has 0 radical (unpaired) electrons. The molecule has 132 valence electrons. The molecule has 2 aromatic rings. The monoisotopic (exact) mass is 389 g/mol. The molecule has 8 heteroatoms. The quantitative estimate of drug-likeness (QED) is 0.801. The van der Waals surface area contributed by atoms with E-state index >= 15 is 0 Å². The summed E-state index contributed by atoms with van der Waals surface area (Å²) in [6.07, 6.45) is 7.26. The molecule has 3 rings (SSSR count). The van der Waals surface area contributed by atoms with Crippen LogP contribution in [0.25, 0.3) is 10.8 Å². The molecule has 0 saturated heterocycles. The first-order chi connectivity index (χ1) is 10.6. The maximum Gasteiger partial charge on any atom is 0.243 e. The molecule has 1 atom stereocenters. The highest BCUT2D eigenvalue weighted by atomic mass is 35.5. The standard InChI is InChI=1S/C16H19N3O2S.2ClH/c1-13-11-17-7-2-3-9-19(13)22(20,21)16-5-4-15-12-18-8-6-14(15)10-16;;/h2-6,8,10,12-13,17H,7,9,11H2,1H3;2*1H/b3-2-;;/t13-;;/m1../s1. The van der Waals surface area contributed by atoms with Crippen LogP contribution >= 0.6 is 24.8 Å². The molecular weight excluding hydrogens is 369 g/mol. The van der Waals surface area contributed by atoms with Gasteiger partial charge >= 0.3 is 0 Å².